The fraction of sp³-hybridized carbons (Fsp3) is 0.333. The molecule has 0 N–H and O–H groups in total. The van der Waals surface area contributed by atoms with E-state index in [9.17, 15) is 9.59 Å². The van der Waals surface area contributed by atoms with Gasteiger partial charge in [0.25, 0.3) is 0 Å². The van der Waals surface area contributed by atoms with E-state index >= 15 is 0 Å². The Morgan fingerprint density at radius 3 is 2.54 bits per heavy atom. The van der Waals surface area contributed by atoms with E-state index in [1.165, 1.54) is 11.6 Å². The third-order valence-corrected chi connectivity index (χ3v) is 2.96. The summed E-state index contributed by atoms with van der Waals surface area (Å²) in [5.41, 5.74) is -0.000625. The standard InChI is InChI=1S/C6H6N4O2Se/c1-9-4-3(7-13-8-4)5(11)10(2)6(9)12/h1-2H3. The first-order valence-electron chi connectivity index (χ1n) is 3.51. The fourth-order valence-corrected chi connectivity index (χ4v) is 2.29. The Morgan fingerprint density at radius 1 is 1.15 bits per heavy atom. The summed E-state index contributed by atoms with van der Waals surface area (Å²) in [5.74, 6) is 0. The van der Waals surface area contributed by atoms with Crippen LogP contribution in [0.15, 0.2) is 9.59 Å². The summed E-state index contributed by atoms with van der Waals surface area (Å²) in [6.45, 7) is 0. The van der Waals surface area contributed by atoms with Gasteiger partial charge in [0, 0.05) is 0 Å². The van der Waals surface area contributed by atoms with Crippen LogP contribution in [-0.2, 0) is 14.1 Å². The first-order chi connectivity index (χ1) is 6.13. The number of rotatable bonds is 0. The quantitative estimate of drug-likeness (QED) is 0.507. The number of nitrogens with zero attached hydrogens (tertiary/aromatic N) is 4. The van der Waals surface area contributed by atoms with E-state index in [2.05, 4.69) is 7.96 Å². The van der Waals surface area contributed by atoms with Crippen LogP contribution in [0.4, 0.5) is 0 Å². The summed E-state index contributed by atoms with van der Waals surface area (Å²) in [4.78, 5) is 22.8. The third kappa shape index (κ3) is 1.01. The van der Waals surface area contributed by atoms with Gasteiger partial charge in [0.1, 0.15) is 0 Å². The molecule has 0 aliphatic carbocycles. The molecular formula is C6H6N4O2Se. The van der Waals surface area contributed by atoms with Crippen molar-refractivity contribution in [2.45, 2.75) is 0 Å². The summed E-state index contributed by atoms with van der Waals surface area (Å²) in [7, 11) is 3.02. The van der Waals surface area contributed by atoms with Crippen LogP contribution in [0.25, 0.3) is 11.2 Å². The fourth-order valence-electron chi connectivity index (χ4n) is 1.10. The van der Waals surface area contributed by atoms with Crippen LogP contribution in [0.2, 0.25) is 0 Å². The maximum absolute atomic E-state index is 11.4. The summed E-state index contributed by atoms with van der Waals surface area (Å²) >= 11 is -0.278. The van der Waals surface area contributed by atoms with Crippen molar-refractivity contribution in [3.05, 3.63) is 20.8 Å². The summed E-state index contributed by atoms with van der Waals surface area (Å²) in [6, 6.07) is 0. The number of fused-ring (bicyclic) bond motifs is 1. The van der Waals surface area contributed by atoms with Gasteiger partial charge in [0.05, 0.1) is 0 Å². The van der Waals surface area contributed by atoms with E-state index in [4.69, 9.17) is 0 Å². The Hall–Kier alpha value is -1.20. The van der Waals surface area contributed by atoms with E-state index in [0.29, 0.717) is 11.2 Å². The zero-order chi connectivity index (χ0) is 9.59. The molecule has 0 atom stereocenters. The Morgan fingerprint density at radius 2 is 1.85 bits per heavy atom. The predicted octanol–water partition coefficient (Wildman–Crippen LogP) is -1.92. The third-order valence-electron chi connectivity index (χ3n) is 1.87. The van der Waals surface area contributed by atoms with Crippen LogP contribution < -0.4 is 11.2 Å². The molecule has 0 radical (unpaired) electrons. The van der Waals surface area contributed by atoms with E-state index < -0.39 is 0 Å². The molecule has 0 amide bonds. The Kier molecular flexibility index (Phi) is 1.71. The monoisotopic (exact) mass is 246 g/mol. The molecule has 2 heterocycles. The van der Waals surface area contributed by atoms with Gasteiger partial charge in [0.15, 0.2) is 0 Å². The molecule has 0 unspecified atom stereocenters. The molecule has 7 heteroatoms. The Labute approximate surface area is 78.7 Å². The van der Waals surface area contributed by atoms with Crippen LogP contribution in [-0.4, -0.2) is 32.1 Å². The van der Waals surface area contributed by atoms with Crippen molar-refractivity contribution < 1.29 is 0 Å². The Balaban J connectivity index is 3.21. The van der Waals surface area contributed by atoms with Crippen LogP contribution in [0, 0.1) is 0 Å². The van der Waals surface area contributed by atoms with Gasteiger partial charge in [-0.3, -0.25) is 0 Å². The van der Waals surface area contributed by atoms with Gasteiger partial charge in [-0.05, 0) is 0 Å². The molecular weight excluding hydrogens is 239 g/mol. The van der Waals surface area contributed by atoms with Gasteiger partial charge < -0.3 is 0 Å². The van der Waals surface area contributed by atoms with Crippen LogP contribution in [0.1, 0.15) is 0 Å². The van der Waals surface area contributed by atoms with E-state index in [1.807, 2.05) is 0 Å². The molecule has 0 aliphatic heterocycles. The molecule has 0 spiro atoms. The second-order valence-electron chi connectivity index (χ2n) is 2.64. The van der Waals surface area contributed by atoms with Crippen molar-refractivity contribution in [3.8, 4) is 0 Å². The molecule has 0 aliphatic rings. The number of hydrogen-bond acceptors (Lipinski definition) is 4. The van der Waals surface area contributed by atoms with Gasteiger partial charge in [-0.2, -0.15) is 0 Å². The van der Waals surface area contributed by atoms with Gasteiger partial charge in [-0.1, -0.05) is 0 Å². The predicted molar refractivity (Wildman–Crippen MR) is 47.0 cm³/mol. The molecule has 6 nitrogen and oxygen atoms in total. The van der Waals surface area contributed by atoms with Crippen molar-refractivity contribution in [1.29, 1.82) is 0 Å². The van der Waals surface area contributed by atoms with Gasteiger partial charge >= 0.3 is 78.2 Å². The van der Waals surface area contributed by atoms with E-state index in [1.54, 1.807) is 7.05 Å². The molecule has 68 valence electrons. The van der Waals surface area contributed by atoms with Crippen molar-refractivity contribution in [2.24, 2.45) is 14.1 Å². The molecule has 0 aromatic carbocycles. The molecule has 0 saturated carbocycles. The van der Waals surface area contributed by atoms with Gasteiger partial charge in [0.2, 0.25) is 0 Å². The van der Waals surface area contributed by atoms with Crippen LogP contribution >= 0.6 is 0 Å². The maximum atomic E-state index is 11.4. The summed E-state index contributed by atoms with van der Waals surface area (Å²) in [5, 5.41) is 0. The van der Waals surface area contributed by atoms with E-state index in [-0.39, 0.29) is 26.2 Å². The second-order valence-corrected chi connectivity index (χ2v) is 3.75. The first-order valence-corrected chi connectivity index (χ1v) is 5.04. The SMILES string of the molecule is Cn1c(=O)c2n[se]nc2n(C)c1=O. The van der Waals surface area contributed by atoms with Crippen LogP contribution in [0.3, 0.4) is 0 Å². The van der Waals surface area contributed by atoms with Crippen molar-refractivity contribution in [1.82, 2.24) is 17.1 Å². The summed E-state index contributed by atoms with van der Waals surface area (Å²) in [6.07, 6.45) is 0. The average Bonchev–Trinajstić information content (AvgIpc) is 2.59. The number of aromatic nitrogens is 4. The topological polar surface area (TPSA) is 69.8 Å². The summed E-state index contributed by atoms with van der Waals surface area (Å²) < 4.78 is 10.4. The minimum atomic E-state index is -0.361. The van der Waals surface area contributed by atoms with E-state index in [0.717, 1.165) is 4.57 Å². The Bertz CT molecular complexity index is 578. The molecule has 0 fully saturated rings. The molecule has 0 saturated heterocycles. The van der Waals surface area contributed by atoms with Crippen molar-refractivity contribution in [2.75, 3.05) is 0 Å². The minimum absolute atomic E-state index is 0.278. The second kappa shape index (κ2) is 2.65. The molecule has 2 rings (SSSR count). The number of aryl methyl sites for hydroxylation is 1. The zero-order valence-corrected chi connectivity index (χ0v) is 8.73. The van der Waals surface area contributed by atoms with Crippen LogP contribution in [0.5, 0.6) is 0 Å². The zero-order valence-electron chi connectivity index (χ0n) is 7.01. The van der Waals surface area contributed by atoms with Crippen molar-refractivity contribution in [3.63, 3.8) is 0 Å². The normalized spacial score (nSPS) is 10.9. The van der Waals surface area contributed by atoms with Crippen molar-refractivity contribution >= 4 is 26.1 Å². The molecule has 0 bridgehead atoms. The molecule has 2 aromatic heterocycles. The average molecular weight is 245 g/mol. The number of hydrogen-bond donors (Lipinski definition) is 0. The van der Waals surface area contributed by atoms with Gasteiger partial charge in [-0.15, -0.1) is 0 Å². The molecule has 13 heavy (non-hydrogen) atoms. The first kappa shape index (κ1) is 8.40. The molecule has 2 aromatic rings. The van der Waals surface area contributed by atoms with Gasteiger partial charge in [-0.25, -0.2) is 0 Å².